The van der Waals surface area contributed by atoms with Gasteiger partial charge in [-0.05, 0) is 26.8 Å². The summed E-state index contributed by atoms with van der Waals surface area (Å²) in [5.41, 5.74) is 0.944. The molecule has 2 saturated heterocycles. The molecule has 8 heteroatoms. The highest BCUT2D eigenvalue weighted by atomic mass is 35.5. The third kappa shape index (κ3) is 2.91. The fraction of sp³-hybridized carbons (Fsp3) is 0.688. The molecule has 1 aromatic heterocycles. The first-order valence-electron chi connectivity index (χ1n) is 8.30. The number of nitrogens with zero attached hydrogens (tertiary/aromatic N) is 4. The molecule has 24 heavy (non-hydrogen) atoms. The van der Waals surface area contributed by atoms with Crippen LogP contribution < -0.4 is 5.32 Å². The number of aromatic nitrogens is 2. The highest BCUT2D eigenvalue weighted by Gasteiger charge is 2.42. The Bertz CT molecular complexity index is 674. The van der Waals surface area contributed by atoms with Crippen LogP contribution in [0.3, 0.4) is 0 Å². The maximum Gasteiger partial charge on any atom is 0.273 e. The highest BCUT2D eigenvalue weighted by Crippen LogP contribution is 2.31. The lowest BCUT2D eigenvalue weighted by Gasteiger charge is -2.49. The quantitative estimate of drug-likeness (QED) is 0.811. The van der Waals surface area contributed by atoms with Crippen LogP contribution in [0.4, 0.5) is 0 Å². The number of amides is 2. The number of piperazine rings is 1. The van der Waals surface area contributed by atoms with Crippen molar-refractivity contribution in [2.24, 2.45) is 7.05 Å². The summed E-state index contributed by atoms with van der Waals surface area (Å²) in [4.78, 5) is 28.9. The minimum atomic E-state index is -0.160. The first-order valence-corrected chi connectivity index (χ1v) is 8.68. The van der Waals surface area contributed by atoms with Crippen LogP contribution in [0.25, 0.3) is 0 Å². The third-order valence-electron chi connectivity index (χ3n) is 5.37. The summed E-state index contributed by atoms with van der Waals surface area (Å²) in [6, 6.07) is 0. The summed E-state index contributed by atoms with van der Waals surface area (Å²) in [5, 5.41) is 7.60. The number of carbonyl (C=O) groups is 2. The number of halogens is 1. The minimum Gasteiger partial charge on any atom is -0.356 e. The molecule has 0 saturated carbocycles. The lowest BCUT2D eigenvalue weighted by molar-refractivity contribution is -0.121. The molecule has 1 atom stereocenters. The van der Waals surface area contributed by atoms with Gasteiger partial charge in [0.15, 0.2) is 0 Å². The van der Waals surface area contributed by atoms with Crippen LogP contribution in [0.1, 0.15) is 35.4 Å². The van der Waals surface area contributed by atoms with Crippen LogP contribution in [0, 0.1) is 6.92 Å². The predicted molar refractivity (Wildman–Crippen MR) is 91.1 cm³/mol. The number of aryl methyl sites for hydroxylation is 2. The van der Waals surface area contributed by atoms with Crippen molar-refractivity contribution in [2.45, 2.75) is 31.7 Å². The Morgan fingerprint density at radius 2 is 2.04 bits per heavy atom. The molecule has 0 radical (unpaired) electrons. The van der Waals surface area contributed by atoms with E-state index in [1.54, 1.807) is 18.7 Å². The third-order valence-corrected chi connectivity index (χ3v) is 5.82. The molecule has 7 nitrogen and oxygen atoms in total. The Morgan fingerprint density at radius 1 is 1.29 bits per heavy atom. The molecule has 2 aliphatic rings. The molecule has 1 aromatic rings. The molecule has 2 aliphatic heterocycles. The van der Waals surface area contributed by atoms with Gasteiger partial charge in [0.05, 0.1) is 10.7 Å². The normalized spacial score (nSPS) is 25.7. The lowest BCUT2D eigenvalue weighted by atomic mass is 9.86. The summed E-state index contributed by atoms with van der Waals surface area (Å²) in [6.07, 6.45) is 2.10. The van der Waals surface area contributed by atoms with Gasteiger partial charge in [0, 0.05) is 45.2 Å². The summed E-state index contributed by atoms with van der Waals surface area (Å²) in [6.45, 7) is 4.50. The number of rotatable bonds is 1. The van der Waals surface area contributed by atoms with Crippen LogP contribution in [0.5, 0.6) is 0 Å². The minimum absolute atomic E-state index is 0.0842. The SMILES string of the molecule is Cc1nn(C)c(C(=O)N2CCN(C)C3(CCNC(=O)CC3)C2)c1Cl. The number of nitrogens with one attached hydrogen (secondary N) is 1. The first kappa shape index (κ1) is 17.2. The molecule has 0 aromatic carbocycles. The second kappa shape index (κ2) is 6.37. The topological polar surface area (TPSA) is 70.5 Å². The van der Waals surface area contributed by atoms with Gasteiger partial charge in [0.1, 0.15) is 5.69 Å². The number of hydrogen-bond donors (Lipinski definition) is 1. The second-order valence-corrected chi connectivity index (χ2v) is 7.22. The molecule has 132 valence electrons. The molecule has 3 rings (SSSR count). The van der Waals surface area contributed by atoms with Crippen LogP contribution in [0.15, 0.2) is 0 Å². The van der Waals surface area contributed by atoms with Crippen molar-refractivity contribution >= 4 is 23.4 Å². The van der Waals surface area contributed by atoms with E-state index in [0.717, 1.165) is 19.4 Å². The van der Waals surface area contributed by atoms with Crippen LogP contribution in [-0.2, 0) is 11.8 Å². The average molecular weight is 354 g/mol. The Kier molecular flexibility index (Phi) is 4.57. The Hall–Kier alpha value is -1.60. The molecule has 1 unspecified atom stereocenters. The van der Waals surface area contributed by atoms with Crippen molar-refractivity contribution in [3.63, 3.8) is 0 Å². The van der Waals surface area contributed by atoms with Gasteiger partial charge >= 0.3 is 0 Å². The zero-order valence-corrected chi connectivity index (χ0v) is 15.2. The molecule has 0 aliphatic carbocycles. The Labute approximate surface area is 146 Å². The van der Waals surface area contributed by atoms with Gasteiger partial charge in [0.2, 0.25) is 5.91 Å². The predicted octanol–water partition coefficient (Wildman–Crippen LogP) is 0.808. The maximum atomic E-state index is 13.0. The lowest BCUT2D eigenvalue weighted by Crippen LogP contribution is -2.62. The number of likely N-dealkylation sites (N-methyl/N-ethyl adjacent to an activating group) is 1. The summed E-state index contributed by atoms with van der Waals surface area (Å²) < 4.78 is 1.56. The molecule has 0 bridgehead atoms. The smallest absolute Gasteiger partial charge is 0.273 e. The zero-order valence-electron chi connectivity index (χ0n) is 14.4. The van der Waals surface area contributed by atoms with E-state index in [9.17, 15) is 9.59 Å². The molecule has 1 spiro atoms. The van der Waals surface area contributed by atoms with E-state index in [-0.39, 0.29) is 17.4 Å². The molecule has 3 heterocycles. The summed E-state index contributed by atoms with van der Waals surface area (Å²) in [7, 11) is 3.82. The van der Waals surface area contributed by atoms with Crippen LogP contribution >= 0.6 is 11.6 Å². The van der Waals surface area contributed by atoms with Gasteiger partial charge in [-0.15, -0.1) is 0 Å². The largest absolute Gasteiger partial charge is 0.356 e. The van der Waals surface area contributed by atoms with Gasteiger partial charge < -0.3 is 10.2 Å². The van der Waals surface area contributed by atoms with E-state index in [1.165, 1.54) is 0 Å². The van der Waals surface area contributed by atoms with Crippen LogP contribution in [0.2, 0.25) is 5.02 Å². The molecular formula is C16H24ClN5O2. The Morgan fingerprint density at radius 3 is 2.71 bits per heavy atom. The standard InChI is InChI=1S/C16H24ClN5O2/c1-11-13(17)14(21(3)19-11)15(24)22-9-8-20(2)16(10-22)5-4-12(23)18-7-6-16/h4-10H2,1-3H3,(H,18,23). The monoisotopic (exact) mass is 353 g/mol. The summed E-state index contributed by atoms with van der Waals surface area (Å²) in [5.74, 6) is 0.00753. The zero-order chi connectivity index (χ0) is 17.5. The van der Waals surface area contributed by atoms with Crippen molar-refractivity contribution in [3.8, 4) is 0 Å². The van der Waals surface area contributed by atoms with Crippen molar-refractivity contribution in [1.82, 2.24) is 24.9 Å². The first-order chi connectivity index (χ1) is 11.3. The van der Waals surface area contributed by atoms with E-state index in [0.29, 0.717) is 42.5 Å². The van der Waals surface area contributed by atoms with Gasteiger partial charge in [0.25, 0.3) is 5.91 Å². The fourth-order valence-corrected chi connectivity index (χ4v) is 4.03. The fourth-order valence-electron chi connectivity index (χ4n) is 3.78. The van der Waals surface area contributed by atoms with Crippen LogP contribution in [-0.4, -0.2) is 70.2 Å². The van der Waals surface area contributed by atoms with Crippen molar-refractivity contribution in [1.29, 1.82) is 0 Å². The van der Waals surface area contributed by atoms with Gasteiger partial charge in [-0.3, -0.25) is 19.2 Å². The van der Waals surface area contributed by atoms with E-state index in [2.05, 4.69) is 22.4 Å². The van der Waals surface area contributed by atoms with E-state index in [4.69, 9.17) is 11.6 Å². The molecular weight excluding hydrogens is 330 g/mol. The summed E-state index contributed by atoms with van der Waals surface area (Å²) >= 11 is 6.28. The van der Waals surface area contributed by atoms with Gasteiger partial charge in [-0.25, -0.2) is 0 Å². The number of carbonyl (C=O) groups excluding carboxylic acids is 2. The Balaban J connectivity index is 1.85. The van der Waals surface area contributed by atoms with Crippen molar-refractivity contribution < 1.29 is 9.59 Å². The molecule has 2 amide bonds. The highest BCUT2D eigenvalue weighted by molar-refractivity contribution is 6.34. The maximum absolute atomic E-state index is 13.0. The average Bonchev–Trinajstić information content (AvgIpc) is 2.69. The van der Waals surface area contributed by atoms with Gasteiger partial charge in [-0.1, -0.05) is 11.6 Å². The van der Waals surface area contributed by atoms with Gasteiger partial charge in [-0.2, -0.15) is 5.10 Å². The van der Waals surface area contributed by atoms with E-state index in [1.807, 2.05) is 4.90 Å². The second-order valence-electron chi connectivity index (χ2n) is 6.84. The number of hydrogen-bond acceptors (Lipinski definition) is 4. The van der Waals surface area contributed by atoms with Crippen molar-refractivity contribution in [2.75, 3.05) is 33.2 Å². The van der Waals surface area contributed by atoms with Crippen molar-refractivity contribution in [3.05, 3.63) is 16.4 Å². The molecule has 1 N–H and O–H groups in total. The molecule has 2 fully saturated rings. The van der Waals surface area contributed by atoms with E-state index >= 15 is 0 Å². The van der Waals surface area contributed by atoms with E-state index < -0.39 is 0 Å².